The number of amides is 1. The van der Waals surface area contributed by atoms with Crippen LogP contribution in [0.5, 0.6) is 0 Å². The van der Waals surface area contributed by atoms with Crippen molar-refractivity contribution >= 4 is 11.7 Å². The fraction of sp³-hybridized carbons (Fsp3) is 0.364. The SMILES string of the molecule is CCCc1ccc(C(=O)CCC(=O)N(C)C(C)c2ccc(F)cc2)cc1. The summed E-state index contributed by atoms with van der Waals surface area (Å²) in [7, 11) is 1.71. The first-order chi connectivity index (χ1) is 12.4. The molecule has 0 aliphatic heterocycles. The highest BCUT2D eigenvalue weighted by Crippen LogP contribution is 2.20. The number of aryl methyl sites for hydroxylation is 1. The second-order valence-electron chi connectivity index (χ2n) is 6.60. The van der Waals surface area contributed by atoms with Crippen molar-refractivity contribution in [2.75, 3.05) is 7.05 Å². The van der Waals surface area contributed by atoms with Crippen molar-refractivity contribution in [3.8, 4) is 0 Å². The Bertz CT molecular complexity index is 738. The van der Waals surface area contributed by atoms with Crippen LogP contribution in [0.15, 0.2) is 48.5 Å². The molecule has 0 aliphatic rings. The van der Waals surface area contributed by atoms with Gasteiger partial charge in [-0.15, -0.1) is 0 Å². The Hall–Kier alpha value is -2.49. The molecule has 0 spiro atoms. The van der Waals surface area contributed by atoms with E-state index >= 15 is 0 Å². The Kier molecular flexibility index (Phi) is 7.07. The highest BCUT2D eigenvalue weighted by atomic mass is 19.1. The molecule has 1 unspecified atom stereocenters. The third-order valence-corrected chi connectivity index (χ3v) is 4.71. The Morgan fingerprint density at radius 3 is 2.19 bits per heavy atom. The first-order valence-electron chi connectivity index (χ1n) is 9.05. The van der Waals surface area contributed by atoms with E-state index in [-0.39, 0.29) is 36.4 Å². The second-order valence-corrected chi connectivity index (χ2v) is 6.60. The third kappa shape index (κ3) is 5.25. The van der Waals surface area contributed by atoms with Gasteiger partial charge in [-0.25, -0.2) is 4.39 Å². The van der Waals surface area contributed by atoms with Gasteiger partial charge in [-0.1, -0.05) is 49.7 Å². The molecule has 0 radical (unpaired) electrons. The van der Waals surface area contributed by atoms with Crippen LogP contribution in [0.1, 0.15) is 60.6 Å². The van der Waals surface area contributed by atoms with E-state index in [1.54, 1.807) is 24.1 Å². The molecule has 2 aromatic rings. The van der Waals surface area contributed by atoms with Gasteiger partial charge in [0.05, 0.1) is 6.04 Å². The van der Waals surface area contributed by atoms with Gasteiger partial charge in [0.1, 0.15) is 5.82 Å². The van der Waals surface area contributed by atoms with Crippen molar-refractivity contribution in [1.82, 2.24) is 4.90 Å². The summed E-state index contributed by atoms with van der Waals surface area (Å²) < 4.78 is 13.0. The Balaban J connectivity index is 1.90. The highest BCUT2D eigenvalue weighted by molar-refractivity contribution is 5.98. The molecule has 2 aromatic carbocycles. The molecule has 0 bridgehead atoms. The van der Waals surface area contributed by atoms with Crippen LogP contribution in [0.4, 0.5) is 4.39 Å². The summed E-state index contributed by atoms with van der Waals surface area (Å²) >= 11 is 0. The predicted molar refractivity (Wildman–Crippen MR) is 102 cm³/mol. The zero-order valence-electron chi connectivity index (χ0n) is 15.7. The molecule has 0 saturated carbocycles. The molecule has 0 saturated heterocycles. The van der Waals surface area contributed by atoms with E-state index in [0.29, 0.717) is 5.56 Å². The van der Waals surface area contributed by atoms with Gasteiger partial charge in [-0.05, 0) is 36.6 Å². The highest BCUT2D eigenvalue weighted by Gasteiger charge is 2.18. The summed E-state index contributed by atoms with van der Waals surface area (Å²) in [5, 5.41) is 0. The molecule has 0 aromatic heterocycles. The number of carbonyl (C=O) groups is 2. The Morgan fingerprint density at radius 1 is 1.00 bits per heavy atom. The smallest absolute Gasteiger partial charge is 0.223 e. The quantitative estimate of drug-likeness (QED) is 0.628. The lowest BCUT2D eigenvalue weighted by Gasteiger charge is -2.25. The fourth-order valence-electron chi connectivity index (χ4n) is 2.87. The van der Waals surface area contributed by atoms with E-state index in [0.717, 1.165) is 18.4 Å². The minimum absolute atomic E-state index is 0.0239. The molecule has 0 aliphatic carbocycles. The van der Waals surface area contributed by atoms with E-state index in [1.807, 2.05) is 31.2 Å². The van der Waals surface area contributed by atoms with Gasteiger partial charge in [0.2, 0.25) is 5.91 Å². The largest absolute Gasteiger partial charge is 0.339 e. The van der Waals surface area contributed by atoms with E-state index in [9.17, 15) is 14.0 Å². The molecule has 4 heteroatoms. The van der Waals surface area contributed by atoms with Crippen molar-refractivity contribution in [2.45, 2.75) is 45.6 Å². The number of rotatable bonds is 8. The van der Waals surface area contributed by atoms with Gasteiger partial charge >= 0.3 is 0 Å². The second kappa shape index (κ2) is 9.27. The summed E-state index contributed by atoms with van der Waals surface area (Å²) in [6, 6.07) is 13.6. The van der Waals surface area contributed by atoms with Gasteiger partial charge in [0.25, 0.3) is 0 Å². The van der Waals surface area contributed by atoms with E-state index < -0.39 is 0 Å². The molecule has 3 nitrogen and oxygen atoms in total. The first kappa shape index (κ1) is 19.8. The molecule has 0 N–H and O–H groups in total. The lowest BCUT2D eigenvalue weighted by molar-refractivity contribution is -0.131. The molecule has 1 amide bonds. The lowest BCUT2D eigenvalue weighted by atomic mass is 10.0. The van der Waals surface area contributed by atoms with Gasteiger partial charge < -0.3 is 4.90 Å². The zero-order chi connectivity index (χ0) is 19.1. The number of carbonyl (C=O) groups excluding carboxylic acids is 2. The molecular weight excluding hydrogens is 329 g/mol. The predicted octanol–water partition coefficient (Wildman–Crippen LogP) is 4.96. The number of benzene rings is 2. The average molecular weight is 355 g/mol. The maximum absolute atomic E-state index is 13.0. The van der Waals surface area contributed by atoms with Crippen molar-refractivity contribution in [3.63, 3.8) is 0 Å². The maximum atomic E-state index is 13.0. The number of hydrogen-bond donors (Lipinski definition) is 0. The van der Waals surface area contributed by atoms with E-state index in [2.05, 4.69) is 6.92 Å². The standard InChI is InChI=1S/C22H26FNO2/c1-4-5-17-6-8-19(9-7-17)21(25)14-15-22(26)24(3)16(2)18-10-12-20(23)13-11-18/h6-13,16H,4-5,14-15H2,1-3H3. The zero-order valence-corrected chi connectivity index (χ0v) is 15.7. The summed E-state index contributed by atoms with van der Waals surface area (Å²) in [6.07, 6.45) is 2.42. The van der Waals surface area contributed by atoms with Gasteiger partial charge in [0.15, 0.2) is 5.78 Å². The van der Waals surface area contributed by atoms with Crippen LogP contribution in [0.25, 0.3) is 0 Å². The molecule has 26 heavy (non-hydrogen) atoms. The summed E-state index contributed by atoms with van der Waals surface area (Å²) in [5.74, 6) is -0.424. The number of nitrogens with zero attached hydrogens (tertiary/aromatic N) is 1. The first-order valence-corrected chi connectivity index (χ1v) is 9.05. The van der Waals surface area contributed by atoms with Crippen molar-refractivity contribution in [2.24, 2.45) is 0 Å². The molecule has 138 valence electrons. The minimum Gasteiger partial charge on any atom is -0.339 e. The maximum Gasteiger partial charge on any atom is 0.223 e. The van der Waals surface area contributed by atoms with Crippen LogP contribution < -0.4 is 0 Å². The molecular formula is C22H26FNO2. The van der Waals surface area contributed by atoms with E-state index in [4.69, 9.17) is 0 Å². The lowest BCUT2D eigenvalue weighted by Crippen LogP contribution is -2.29. The van der Waals surface area contributed by atoms with Crippen LogP contribution >= 0.6 is 0 Å². The van der Waals surface area contributed by atoms with Gasteiger partial charge in [0, 0.05) is 25.5 Å². The molecule has 0 fully saturated rings. The van der Waals surface area contributed by atoms with Crippen molar-refractivity contribution in [3.05, 3.63) is 71.0 Å². The van der Waals surface area contributed by atoms with Crippen LogP contribution in [0.3, 0.4) is 0 Å². The summed E-state index contributed by atoms with van der Waals surface area (Å²) in [4.78, 5) is 26.3. The van der Waals surface area contributed by atoms with E-state index in [1.165, 1.54) is 17.7 Å². The number of Topliss-reactive ketones (excluding diaryl/α,β-unsaturated/α-hetero) is 1. The minimum atomic E-state index is -0.300. The molecule has 2 rings (SSSR count). The normalized spacial score (nSPS) is 11.8. The van der Waals surface area contributed by atoms with Crippen LogP contribution in [-0.2, 0) is 11.2 Å². The number of hydrogen-bond acceptors (Lipinski definition) is 2. The fourth-order valence-corrected chi connectivity index (χ4v) is 2.87. The van der Waals surface area contributed by atoms with Gasteiger partial charge in [-0.2, -0.15) is 0 Å². The molecule has 1 atom stereocenters. The summed E-state index contributed by atoms with van der Waals surface area (Å²) in [6.45, 7) is 4.01. The summed E-state index contributed by atoms with van der Waals surface area (Å²) in [5.41, 5.74) is 2.72. The van der Waals surface area contributed by atoms with Crippen LogP contribution in [0.2, 0.25) is 0 Å². The third-order valence-electron chi connectivity index (χ3n) is 4.71. The Labute approximate surface area is 154 Å². The van der Waals surface area contributed by atoms with Crippen molar-refractivity contribution < 1.29 is 14.0 Å². The van der Waals surface area contributed by atoms with Gasteiger partial charge in [-0.3, -0.25) is 9.59 Å². The molecule has 0 heterocycles. The number of ketones is 1. The topological polar surface area (TPSA) is 37.4 Å². The van der Waals surface area contributed by atoms with Crippen molar-refractivity contribution in [1.29, 1.82) is 0 Å². The monoisotopic (exact) mass is 355 g/mol. The van der Waals surface area contributed by atoms with Crippen LogP contribution in [0, 0.1) is 5.82 Å². The van der Waals surface area contributed by atoms with Crippen LogP contribution in [-0.4, -0.2) is 23.6 Å². The number of halogens is 1. The Morgan fingerprint density at radius 2 is 1.62 bits per heavy atom. The average Bonchev–Trinajstić information content (AvgIpc) is 2.66.